The first-order valence-electron chi connectivity index (χ1n) is 6.10. The molecule has 1 aromatic carbocycles. The fraction of sp³-hybridized carbons (Fsp3) is 0.333. The summed E-state index contributed by atoms with van der Waals surface area (Å²) in [6.45, 7) is 4.25. The summed E-state index contributed by atoms with van der Waals surface area (Å²) in [4.78, 5) is 1.26. The van der Waals surface area contributed by atoms with Gasteiger partial charge < -0.3 is 5.73 Å². The van der Waals surface area contributed by atoms with Crippen molar-refractivity contribution in [2.24, 2.45) is 5.73 Å². The van der Waals surface area contributed by atoms with Crippen LogP contribution in [0.5, 0.6) is 0 Å². The van der Waals surface area contributed by atoms with Crippen LogP contribution in [0.4, 0.5) is 0 Å². The van der Waals surface area contributed by atoms with E-state index in [0.717, 1.165) is 17.2 Å². The Morgan fingerprint density at radius 1 is 1.11 bits per heavy atom. The molecule has 2 rings (SSSR count). The van der Waals surface area contributed by atoms with Gasteiger partial charge in [-0.05, 0) is 44.4 Å². The Morgan fingerprint density at radius 3 is 2.33 bits per heavy atom. The highest BCUT2D eigenvalue weighted by atomic mass is 35.5. The lowest BCUT2D eigenvalue weighted by Gasteiger charge is -2.11. The molecule has 96 valence electrons. The number of hydrogen-bond acceptors (Lipinski definition) is 2. The highest BCUT2D eigenvalue weighted by Crippen LogP contribution is 2.23. The van der Waals surface area contributed by atoms with Gasteiger partial charge in [0.2, 0.25) is 0 Å². The van der Waals surface area contributed by atoms with Crippen LogP contribution in [0.25, 0.3) is 0 Å². The lowest BCUT2D eigenvalue weighted by atomic mass is 10.00. The van der Waals surface area contributed by atoms with Gasteiger partial charge in [-0.3, -0.25) is 0 Å². The third-order valence-corrected chi connectivity index (χ3v) is 4.13. The molecule has 0 amide bonds. The van der Waals surface area contributed by atoms with E-state index in [2.05, 4.69) is 38.1 Å². The first-order valence-corrected chi connectivity index (χ1v) is 7.29. The minimum absolute atomic E-state index is 0.154. The van der Waals surface area contributed by atoms with Crippen molar-refractivity contribution >= 4 is 22.9 Å². The van der Waals surface area contributed by atoms with E-state index in [1.165, 1.54) is 21.6 Å². The molecule has 2 N–H and O–H groups in total. The molecule has 0 aliphatic rings. The molecular weight excluding hydrogens is 262 g/mol. The second-order valence-corrected chi connectivity index (χ2v) is 6.67. The van der Waals surface area contributed by atoms with Crippen molar-refractivity contribution in [3.63, 3.8) is 0 Å². The SMILES string of the molecule is Cc1cc(C)cc(CC(N)Cc2ccc(Cl)s2)c1. The van der Waals surface area contributed by atoms with Gasteiger partial charge in [0.15, 0.2) is 0 Å². The molecular formula is C15H18ClNS. The second kappa shape index (κ2) is 5.87. The number of nitrogens with two attached hydrogens (primary N) is 1. The van der Waals surface area contributed by atoms with E-state index in [9.17, 15) is 0 Å². The zero-order valence-electron chi connectivity index (χ0n) is 10.7. The quantitative estimate of drug-likeness (QED) is 0.895. The van der Waals surface area contributed by atoms with Crippen LogP contribution >= 0.6 is 22.9 Å². The molecule has 0 saturated heterocycles. The number of benzene rings is 1. The number of thiophene rings is 1. The van der Waals surface area contributed by atoms with E-state index in [4.69, 9.17) is 17.3 Å². The van der Waals surface area contributed by atoms with Crippen molar-refractivity contribution in [1.82, 2.24) is 0 Å². The lowest BCUT2D eigenvalue weighted by molar-refractivity contribution is 0.670. The average molecular weight is 280 g/mol. The van der Waals surface area contributed by atoms with Gasteiger partial charge in [-0.1, -0.05) is 40.9 Å². The largest absolute Gasteiger partial charge is 0.327 e. The van der Waals surface area contributed by atoms with Crippen molar-refractivity contribution in [3.05, 3.63) is 56.2 Å². The average Bonchev–Trinajstić information content (AvgIpc) is 2.61. The molecule has 1 aromatic heterocycles. The van der Waals surface area contributed by atoms with E-state index >= 15 is 0 Å². The molecule has 3 heteroatoms. The molecule has 1 atom stereocenters. The molecule has 0 radical (unpaired) electrons. The standard InChI is InChI=1S/C15H18ClNS/c1-10-5-11(2)7-12(6-10)8-13(17)9-14-3-4-15(16)18-14/h3-7,13H,8-9,17H2,1-2H3. The van der Waals surface area contributed by atoms with Gasteiger partial charge in [-0.2, -0.15) is 0 Å². The van der Waals surface area contributed by atoms with Crippen molar-refractivity contribution in [3.8, 4) is 0 Å². The Bertz CT molecular complexity index is 513. The maximum Gasteiger partial charge on any atom is 0.0931 e. The van der Waals surface area contributed by atoms with Gasteiger partial charge >= 0.3 is 0 Å². The van der Waals surface area contributed by atoms with Crippen molar-refractivity contribution in [2.45, 2.75) is 32.7 Å². The summed E-state index contributed by atoms with van der Waals surface area (Å²) in [5, 5.41) is 0. The van der Waals surface area contributed by atoms with Crippen LogP contribution in [0.3, 0.4) is 0 Å². The fourth-order valence-corrected chi connectivity index (χ4v) is 3.46. The molecule has 0 saturated carbocycles. The topological polar surface area (TPSA) is 26.0 Å². The monoisotopic (exact) mass is 279 g/mol. The van der Waals surface area contributed by atoms with Crippen molar-refractivity contribution in [2.75, 3.05) is 0 Å². The third kappa shape index (κ3) is 3.84. The van der Waals surface area contributed by atoms with Crippen LogP contribution in [0.2, 0.25) is 4.34 Å². The van der Waals surface area contributed by atoms with Crippen LogP contribution in [-0.4, -0.2) is 6.04 Å². The summed E-state index contributed by atoms with van der Waals surface area (Å²) in [5.41, 5.74) is 10.1. The Labute approximate surface area is 118 Å². The normalized spacial score (nSPS) is 12.7. The molecule has 1 unspecified atom stereocenters. The number of hydrogen-bond donors (Lipinski definition) is 1. The molecule has 1 heterocycles. The first-order chi connectivity index (χ1) is 8.52. The summed E-state index contributed by atoms with van der Waals surface area (Å²) in [6.07, 6.45) is 1.81. The number of halogens is 1. The third-order valence-electron chi connectivity index (χ3n) is 2.87. The van der Waals surface area contributed by atoms with Gasteiger partial charge in [0.05, 0.1) is 4.34 Å². The smallest absolute Gasteiger partial charge is 0.0931 e. The highest BCUT2D eigenvalue weighted by Gasteiger charge is 2.08. The predicted molar refractivity (Wildman–Crippen MR) is 80.6 cm³/mol. The molecule has 0 aliphatic heterocycles. The number of aryl methyl sites for hydroxylation is 2. The van der Waals surface area contributed by atoms with Crippen LogP contribution < -0.4 is 5.73 Å². The van der Waals surface area contributed by atoms with E-state index in [1.54, 1.807) is 11.3 Å². The van der Waals surface area contributed by atoms with E-state index < -0.39 is 0 Å². The van der Waals surface area contributed by atoms with Gasteiger partial charge in [0.25, 0.3) is 0 Å². The summed E-state index contributed by atoms with van der Waals surface area (Å²) >= 11 is 7.54. The van der Waals surface area contributed by atoms with Gasteiger partial charge in [0.1, 0.15) is 0 Å². The van der Waals surface area contributed by atoms with Gasteiger partial charge in [-0.25, -0.2) is 0 Å². The fourth-order valence-electron chi connectivity index (χ4n) is 2.28. The maximum atomic E-state index is 6.21. The van der Waals surface area contributed by atoms with Crippen LogP contribution in [0.15, 0.2) is 30.3 Å². The molecule has 0 spiro atoms. The van der Waals surface area contributed by atoms with Crippen molar-refractivity contribution < 1.29 is 0 Å². The summed E-state index contributed by atoms with van der Waals surface area (Å²) < 4.78 is 0.837. The lowest BCUT2D eigenvalue weighted by Crippen LogP contribution is -2.25. The van der Waals surface area contributed by atoms with E-state index in [1.807, 2.05) is 6.07 Å². The molecule has 2 aromatic rings. The zero-order valence-corrected chi connectivity index (χ0v) is 12.3. The minimum Gasteiger partial charge on any atom is -0.327 e. The summed E-state index contributed by atoms with van der Waals surface area (Å²) in [7, 11) is 0. The Kier molecular flexibility index (Phi) is 4.44. The molecule has 18 heavy (non-hydrogen) atoms. The molecule has 1 nitrogen and oxygen atoms in total. The maximum absolute atomic E-state index is 6.21. The van der Waals surface area contributed by atoms with Crippen LogP contribution in [-0.2, 0) is 12.8 Å². The zero-order chi connectivity index (χ0) is 13.1. The number of rotatable bonds is 4. The van der Waals surface area contributed by atoms with Gasteiger partial charge in [-0.15, -0.1) is 11.3 Å². The molecule has 0 aliphatic carbocycles. The van der Waals surface area contributed by atoms with E-state index in [-0.39, 0.29) is 6.04 Å². The molecule has 0 fully saturated rings. The highest BCUT2D eigenvalue weighted by molar-refractivity contribution is 7.16. The summed E-state index contributed by atoms with van der Waals surface area (Å²) in [6, 6.07) is 10.8. The molecule has 0 bridgehead atoms. The van der Waals surface area contributed by atoms with E-state index in [0.29, 0.717) is 0 Å². The Hall–Kier alpha value is -0.830. The van der Waals surface area contributed by atoms with Crippen LogP contribution in [0.1, 0.15) is 21.6 Å². The summed E-state index contributed by atoms with van der Waals surface area (Å²) in [5.74, 6) is 0. The second-order valence-electron chi connectivity index (χ2n) is 4.87. The van der Waals surface area contributed by atoms with Crippen LogP contribution in [0, 0.1) is 13.8 Å². The first kappa shape index (κ1) is 13.6. The minimum atomic E-state index is 0.154. The Morgan fingerprint density at radius 2 is 1.78 bits per heavy atom. The van der Waals surface area contributed by atoms with Gasteiger partial charge in [0, 0.05) is 10.9 Å². The Balaban J connectivity index is 2.00. The van der Waals surface area contributed by atoms with Crippen molar-refractivity contribution in [1.29, 1.82) is 0 Å². The predicted octanol–water partition coefficient (Wildman–Crippen LogP) is 4.13.